The number of benzene rings is 1. The van der Waals surface area contributed by atoms with Gasteiger partial charge in [-0.25, -0.2) is 4.39 Å². The second kappa shape index (κ2) is 7.89. The molecule has 5 rings (SSSR count). The molecule has 2 atom stereocenters. The zero-order chi connectivity index (χ0) is 21.5. The lowest BCUT2D eigenvalue weighted by Crippen LogP contribution is -2.52. The van der Waals surface area contributed by atoms with E-state index >= 15 is 4.39 Å². The molecule has 2 unspecified atom stereocenters. The summed E-state index contributed by atoms with van der Waals surface area (Å²) < 4.78 is 22.9. The van der Waals surface area contributed by atoms with Crippen LogP contribution in [0.25, 0.3) is 0 Å². The summed E-state index contributed by atoms with van der Waals surface area (Å²) >= 11 is 0. The van der Waals surface area contributed by atoms with Gasteiger partial charge in [0.1, 0.15) is 12.8 Å². The van der Waals surface area contributed by atoms with E-state index in [1.165, 1.54) is 0 Å². The van der Waals surface area contributed by atoms with E-state index in [-0.39, 0.29) is 29.4 Å². The van der Waals surface area contributed by atoms with Crippen molar-refractivity contribution >= 4 is 5.91 Å². The first kappa shape index (κ1) is 20.6. The van der Waals surface area contributed by atoms with Crippen LogP contribution < -0.4 is 10.2 Å². The number of ether oxygens (including phenoxy) is 1. The van der Waals surface area contributed by atoms with Crippen molar-refractivity contribution in [2.45, 2.75) is 64.8 Å². The minimum atomic E-state index is -1.22. The van der Waals surface area contributed by atoms with E-state index in [0.29, 0.717) is 30.8 Å². The molecule has 5 nitrogen and oxygen atoms in total. The molecule has 2 bridgehead atoms. The number of aromatic nitrogens is 1. The molecule has 0 radical (unpaired) electrons. The van der Waals surface area contributed by atoms with Crippen LogP contribution in [0.3, 0.4) is 0 Å². The fraction of sp³-hybridized carbons (Fsp3) is 0.500. The molecule has 0 N–H and O–H groups in total. The van der Waals surface area contributed by atoms with Gasteiger partial charge in [0.2, 0.25) is 5.43 Å². The molecule has 1 fully saturated rings. The fourth-order valence-corrected chi connectivity index (χ4v) is 5.17. The molecule has 1 spiro atoms. The Morgan fingerprint density at radius 2 is 1.90 bits per heavy atom. The molecule has 1 aromatic carbocycles. The van der Waals surface area contributed by atoms with Gasteiger partial charge in [-0.2, -0.15) is 0 Å². The van der Waals surface area contributed by atoms with Gasteiger partial charge in [0.05, 0.1) is 11.2 Å². The average Bonchev–Trinajstić information content (AvgIpc) is 2.92. The summed E-state index contributed by atoms with van der Waals surface area (Å²) in [6, 6.07) is 9.53. The molecule has 0 aliphatic carbocycles. The van der Waals surface area contributed by atoms with E-state index in [2.05, 4.69) is 0 Å². The number of fused-ring (bicyclic) bond motifs is 1. The van der Waals surface area contributed by atoms with Gasteiger partial charge in [0.15, 0.2) is 11.4 Å². The Bertz CT molecular complexity index is 1020. The fourth-order valence-electron chi connectivity index (χ4n) is 5.17. The van der Waals surface area contributed by atoms with Gasteiger partial charge < -0.3 is 14.2 Å². The SMILES string of the molecule is CC.Cc1c2n3c(c(OCc4ccccc4)c1=O)C(=O)N1CCCCC3(CC2F)C1. The summed E-state index contributed by atoms with van der Waals surface area (Å²) in [6.07, 6.45) is 1.77. The average molecular weight is 413 g/mol. The van der Waals surface area contributed by atoms with Crippen molar-refractivity contribution in [1.82, 2.24) is 9.47 Å². The predicted octanol–water partition coefficient (Wildman–Crippen LogP) is 4.51. The third kappa shape index (κ3) is 3.04. The van der Waals surface area contributed by atoms with E-state index in [1.54, 1.807) is 11.8 Å². The number of halogens is 1. The lowest BCUT2D eigenvalue weighted by molar-refractivity contribution is 0.0568. The Balaban J connectivity index is 0.00000106. The standard InChI is InChI=1S/C22H23FN2O3.C2H6/c1-14-17-16(23)11-22-9-5-6-10-24(13-22)21(27)18(25(17)22)20(19(14)26)28-12-15-7-3-2-4-8-15;1-2/h2-4,7-8,16H,5-6,9-13H2,1H3;1-2H3. The maximum atomic E-state index is 15.1. The number of hydrogen-bond acceptors (Lipinski definition) is 3. The Kier molecular flexibility index (Phi) is 5.43. The highest BCUT2D eigenvalue weighted by atomic mass is 19.1. The van der Waals surface area contributed by atoms with Gasteiger partial charge in [0.25, 0.3) is 5.91 Å². The number of alkyl halides is 1. The molecule has 1 saturated heterocycles. The summed E-state index contributed by atoms with van der Waals surface area (Å²) in [5.41, 5.74) is 1.07. The molecule has 1 aromatic heterocycles. The molecule has 3 aliphatic rings. The van der Waals surface area contributed by atoms with Crippen LogP contribution in [0.4, 0.5) is 4.39 Å². The number of carbonyl (C=O) groups excluding carboxylic acids is 1. The third-order valence-electron chi connectivity index (χ3n) is 6.46. The molecule has 160 valence electrons. The summed E-state index contributed by atoms with van der Waals surface area (Å²) in [6.45, 7) is 7.01. The molecule has 4 heterocycles. The first-order chi connectivity index (χ1) is 14.5. The van der Waals surface area contributed by atoms with Crippen LogP contribution in [0, 0.1) is 6.92 Å². The molecule has 2 aromatic rings. The summed E-state index contributed by atoms with van der Waals surface area (Å²) in [5.74, 6) is -0.145. The molecular weight excluding hydrogens is 383 g/mol. The highest BCUT2D eigenvalue weighted by Gasteiger charge is 2.53. The van der Waals surface area contributed by atoms with E-state index in [9.17, 15) is 9.59 Å². The summed E-state index contributed by atoms with van der Waals surface area (Å²) in [4.78, 5) is 28.1. The second-order valence-corrected chi connectivity index (χ2v) is 8.21. The smallest absolute Gasteiger partial charge is 0.274 e. The van der Waals surface area contributed by atoms with Crippen molar-refractivity contribution in [1.29, 1.82) is 0 Å². The van der Waals surface area contributed by atoms with Crippen LogP contribution >= 0.6 is 0 Å². The first-order valence-corrected chi connectivity index (χ1v) is 10.9. The van der Waals surface area contributed by atoms with Crippen molar-refractivity contribution in [2.24, 2.45) is 0 Å². The largest absolute Gasteiger partial charge is 0.483 e. The normalized spacial score (nSPS) is 23.9. The zero-order valence-electron chi connectivity index (χ0n) is 17.9. The number of nitrogens with zero attached hydrogens (tertiary/aromatic N) is 2. The number of pyridine rings is 1. The van der Waals surface area contributed by atoms with Crippen LogP contribution in [0.1, 0.15) is 73.0 Å². The Morgan fingerprint density at radius 1 is 1.17 bits per heavy atom. The lowest BCUT2D eigenvalue weighted by Gasteiger charge is -2.42. The maximum Gasteiger partial charge on any atom is 0.274 e. The molecule has 3 aliphatic heterocycles. The minimum Gasteiger partial charge on any atom is -0.483 e. The zero-order valence-corrected chi connectivity index (χ0v) is 17.9. The maximum absolute atomic E-state index is 15.1. The van der Waals surface area contributed by atoms with Crippen molar-refractivity contribution in [3.8, 4) is 5.75 Å². The number of amides is 1. The van der Waals surface area contributed by atoms with Gasteiger partial charge in [-0.3, -0.25) is 9.59 Å². The number of rotatable bonds is 3. The molecule has 0 saturated carbocycles. The molecule has 6 heteroatoms. The molecule has 30 heavy (non-hydrogen) atoms. The van der Waals surface area contributed by atoms with E-state index in [4.69, 9.17) is 4.74 Å². The molecule has 1 amide bonds. The van der Waals surface area contributed by atoms with Gasteiger partial charge >= 0.3 is 0 Å². The highest BCUT2D eigenvalue weighted by molar-refractivity contribution is 5.96. The number of hydrogen-bond donors (Lipinski definition) is 0. The van der Waals surface area contributed by atoms with Crippen LogP contribution in [0.15, 0.2) is 35.1 Å². The highest BCUT2D eigenvalue weighted by Crippen LogP contribution is 2.50. The minimum absolute atomic E-state index is 0.0696. The monoisotopic (exact) mass is 412 g/mol. The third-order valence-corrected chi connectivity index (χ3v) is 6.46. The van der Waals surface area contributed by atoms with Crippen LogP contribution in [0.2, 0.25) is 0 Å². The van der Waals surface area contributed by atoms with Gasteiger partial charge in [-0.05, 0) is 31.7 Å². The quantitative estimate of drug-likeness (QED) is 0.745. The topological polar surface area (TPSA) is 51.5 Å². The van der Waals surface area contributed by atoms with Gasteiger partial charge in [0, 0.05) is 25.1 Å². The van der Waals surface area contributed by atoms with E-state index in [0.717, 1.165) is 24.8 Å². The van der Waals surface area contributed by atoms with Crippen LogP contribution in [-0.2, 0) is 12.1 Å². The van der Waals surface area contributed by atoms with Crippen molar-refractivity contribution in [3.05, 3.63) is 63.1 Å². The van der Waals surface area contributed by atoms with Gasteiger partial charge in [-0.15, -0.1) is 0 Å². The molecular formula is C24H29FN2O3. The Labute approximate surface area is 176 Å². The van der Waals surface area contributed by atoms with Gasteiger partial charge in [-0.1, -0.05) is 44.2 Å². The number of carbonyl (C=O) groups is 1. The van der Waals surface area contributed by atoms with E-state index < -0.39 is 11.7 Å². The van der Waals surface area contributed by atoms with Crippen molar-refractivity contribution < 1.29 is 13.9 Å². The summed E-state index contributed by atoms with van der Waals surface area (Å²) in [5, 5.41) is 0. The first-order valence-electron chi connectivity index (χ1n) is 10.9. The van der Waals surface area contributed by atoms with Crippen LogP contribution in [0.5, 0.6) is 5.75 Å². The second-order valence-electron chi connectivity index (χ2n) is 8.21. The Morgan fingerprint density at radius 3 is 2.63 bits per heavy atom. The predicted molar refractivity (Wildman–Crippen MR) is 114 cm³/mol. The summed E-state index contributed by atoms with van der Waals surface area (Å²) in [7, 11) is 0. The Hall–Kier alpha value is -2.63. The van der Waals surface area contributed by atoms with Crippen molar-refractivity contribution in [2.75, 3.05) is 13.1 Å². The van der Waals surface area contributed by atoms with Crippen LogP contribution in [-0.4, -0.2) is 28.5 Å². The van der Waals surface area contributed by atoms with Crippen molar-refractivity contribution in [3.63, 3.8) is 0 Å². The van der Waals surface area contributed by atoms with E-state index in [1.807, 2.05) is 48.7 Å². The lowest BCUT2D eigenvalue weighted by atomic mass is 9.88.